The van der Waals surface area contributed by atoms with Gasteiger partial charge in [-0.2, -0.15) is 0 Å². The van der Waals surface area contributed by atoms with E-state index < -0.39 is 0 Å². The van der Waals surface area contributed by atoms with Crippen LogP contribution in [0.2, 0.25) is 0 Å². The second-order valence-electron chi connectivity index (χ2n) is 5.80. The van der Waals surface area contributed by atoms with Crippen molar-refractivity contribution >= 4 is 23.4 Å². The third kappa shape index (κ3) is 3.44. The second-order valence-corrected chi connectivity index (χ2v) is 6.80. The highest BCUT2D eigenvalue weighted by Gasteiger charge is 2.22. The monoisotopic (exact) mass is 351 g/mol. The molecule has 0 N–H and O–H groups in total. The first kappa shape index (κ1) is 15.9. The predicted octanol–water partition coefficient (Wildman–Crippen LogP) is 3.81. The molecule has 0 aliphatic carbocycles. The first-order valence-electron chi connectivity index (χ1n) is 8.20. The number of aryl methyl sites for hydroxylation is 1. The van der Waals surface area contributed by atoms with Crippen LogP contribution in [0.25, 0.3) is 11.5 Å². The number of anilines is 1. The van der Waals surface area contributed by atoms with E-state index in [0.29, 0.717) is 17.2 Å². The fourth-order valence-electron chi connectivity index (χ4n) is 2.96. The first-order chi connectivity index (χ1) is 12.3. The number of nitrogens with zero attached hydrogens (tertiary/aromatic N) is 3. The van der Waals surface area contributed by atoms with Crippen molar-refractivity contribution in [1.82, 2.24) is 10.2 Å². The second kappa shape index (κ2) is 7.11. The van der Waals surface area contributed by atoms with Crippen molar-refractivity contribution in [2.45, 2.75) is 17.9 Å². The summed E-state index contributed by atoms with van der Waals surface area (Å²) in [6.07, 6.45) is 3.65. The lowest BCUT2D eigenvalue weighted by molar-refractivity contribution is -0.116. The van der Waals surface area contributed by atoms with Crippen molar-refractivity contribution in [3.63, 3.8) is 0 Å². The summed E-state index contributed by atoms with van der Waals surface area (Å²) in [6.45, 7) is 0.777. The van der Waals surface area contributed by atoms with Gasteiger partial charge in [0.25, 0.3) is 0 Å². The Balaban J connectivity index is 1.41. The summed E-state index contributed by atoms with van der Waals surface area (Å²) in [5, 5.41) is 9.07. The number of thioether (sulfide) groups is 1. The molecule has 0 spiro atoms. The van der Waals surface area contributed by atoms with Crippen LogP contribution in [0, 0.1) is 0 Å². The van der Waals surface area contributed by atoms with E-state index in [4.69, 9.17) is 4.42 Å². The van der Waals surface area contributed by atoms with E-state index in [1.165, 1.54) is 17.3 Å². The molecule has 3 heterocycles. The van der Waals surface area contributed by atoms with Gasteiger partial charge in [-0.15, -0.1) is 10.2 Å². The smallest absolute Gasteiger partial charge is 0.237 e. The number of fused-ring (bicyclic) bond motifs is 1. The zero-order valence-electron chi connectivity index (χ0n) is 13.6. The fraction of sp³-hybridized carbons (Fsp3) is 0.211. The topological polar surface area (TPSA) is 59.2 Å². The van der Waals surface area contributed by atoms with E-state index in [2.05, 4.69) is 16.3 Å². The number of carbonyl (C=O) groups is 1. The Morgan fingerprint density at radius 3 is 2.84 bits per heavy atom. The van der Waals surface area contributed by atoms with Crippen molar-refractivity contribution in [3.05, 3.63) is 60.4 Å². The molecule has 2 aromatic heterocycles. The molecule has 0 bridgehead atoms. The lowest BCUT2D eigenvalue weighted by Crippen LogP contribution is -2.36. The summed E-state index contributed by atoms with van der Waals surface area (Å²) in [4.78, 5) is 14.5. The van der Waals surface area contributed by atoms with E-state index in [1.54, 1.807) is 6.26 Å². The number of aromatic nitrogens is 2. The molecule has 1 amide bonds. The van der Waals surface area contributed by atoms with Gasteiger partial charge >= 0.3 is 0 Å². The highest BCUT2D eigenvalue weighted by molar-refractivity contribution is 7.99. The average molecular weight is 351 g/mol. The number of rotatable bonds is 4. The predicted molar refractivity (Wildman–Crippen MR) is 97.6 cm³/mol. The van der Waals surface area contributed by atoms with Gasteiger partial charge in [-0.1, -0.05) is 30.0 Å². The van der Waals surface area contributed by atoms with Gasteiger partial charge in [0.2, 0.25) is 5.91 Å². The third-order valence-corrected chi connectivity index (χ3v) is 5.07. The third-order valence-electron chi connectivity index (χ3n) is 4.17. The molecule has 0 unspecified atom stereocenters. The first-order valence-corrected chi connectivity index (χ1v) is 9.18. The summed E-state index contributed by atoms with van der Waals surface area (Å²) in [5.41, 5.74) is 2.97. The van der Waals surface area contributed by atoms with Crippen molar-refractivity contribution in [2.75, 3.05) is 17.2 Å². The Morgan fingerprint density at radius 2 is 2.04 bits per heavy atom. The molecule has 3 aromatic rings. The molecule has 126 valence electrons. The Hall–Kier alpha value is -2.60. The molecule has 6 heteroatoms. The molecular formula is C19H17N3O2S. The van der Waals surface area contributed by atoms with E-state index in [1.807, 2.05) is 47.4 Å². The molecule has 25 heavy (non-hydrogen) atoms. The fourth-order valence-corrected chi connectivity index (χ4v) is 3.65. The zero-order chi connectivity index (χ0) is 17.1. The van der Waals surface area contributed by atoms with Crippen LogP contribution in [-0.2, 0) is 11.2 Å². The molecule has 0 saturated carbocycles. The quantitative estimate of drug-likeness (QED) is 0.669. The van der Waals surface area contributed by atoms with Crippen LogP contribution < -0.4 is 4.90 Å². The van der Waals surface area contributed by atoms with Crippen LogP contribution in [0.1, 0.15) is 12.0 Å². The number of hydrogen-bond donors (Lipinski definition) is 0. The number of benzene rings is 1. The van der Waals surface area contributed by atoms with Gasteiger partial charge in [-0.05, 0) is 48.7 Å². The van der Waals surface area contributed by atoms with Crippen LogP contribution in [0.5, 0.6) is 0 Å². The minimum Gasteiger partial charge on any atom is -0.463 e. The maximum absolute atomic E-state index is 12.6. The highest BCUT2D eigenvalue weighted by atomic mass is 32.2. The van der Waals surface area contributed by atoms with Crippen molar-refractivity contribution < 1.29 is 9.21 Å². The number of furan rings is 1. The Kier molecular flexibility index (Phi) is 4.52. The van der Waals surface area contributed by atoms with E-state index >= 15 is 0 Å². The lowest BCUT2D eigenvalue weighted by atomic mass is 10.0. The molecule has 0 radical (unpaired) electrons. The minimum atomic E-state index is 0.106. The Morgan fingerprint density at radius 1 is 1.12 bits per heavy atom. The van der Waals surface area contributed by atoms with Gasteiger partial charge in [0.15, 0.2) is 5.76 Å². The van der Waals surface area contributed by atoms with Crippen LogP contribution >= 0.6 is 11.8 Å². The molecule has 1 aromatic carbocycles. The van der Waals surface area contributed by atoms with Crippen molar-refractivity contribution in [1.29, 1.82) is 0 Å². The van der Waals surface area contributed by atoms with Crippen LogP contribution in [0.3, 0.4) is 0 Å². The number of carbonyl (C=O) groups excluding carboxylic acids is 1. The van der Waals surface area contributed by atoms with Gasteiger partial charge in [-0.3, -0.25) is 4.79 Å². The standard InChI is InChI=1S/C19H17N3O2S/c23-19(22-11-3-6-14-5-1-2-7-16(14)22)13-25-18-10-9-15(20-21-18)17-8-4-12-24-17/h1-2,4-5,7-10,12H,3,6,11,13H2. The minimum absolute atomic E-state index is 0.106. The molecule has 5 nitrogen and oxygen atoms in total. The highest BCUT2D eigenvalue weighted by Crippen LogP contribution is 2.28. The number of hydrogen-bond acceptors (Lipinski definition) is 5. The van der Waals surface area contributed by atoms with Gasteiger partial charge in [0, 0.05) is 12.2 Å². The number of para-hydroxylation sites is 1. The molecule has 0 fully saturated rings. The molecule has 1 aliphatic heterocycles. The van der Waals surface area contributed by atoms with Crippen molar-refractivity contribution in [3.8, 4) is 11.5 Å². The maximum atomic E-state index is 12.6. The van der Waals surface area contributed by atoms with E-state index in [9.17, 15) is 4.79 Å². The molecule has 1 aliphatic rings. The number of amides is 1. The summed E-state index contributed by atoms with van der Waals surface area (Å²) in [6, 6.07) is 15.5. The van der Waals surface area contributed by atoms with Gasteiger partial charge in [0.1, 0.15) is 10.7 Å². The summed E-state index contributed by atoms with van der Waals surface area (Å²) >= 11 is 1.41. The zero-order valence-corrected chi connectivity index (χ0v) is 14.4. The molecule has 0 saturated heterocycles. The maximum Gasteiger partial charge on any atom is 0.237 e. The van der Waals surface area contributed by atoms with Gasteiger partial charge in [0.05, 0.1) is 12.0 Å². The van der Waals surface area contributed by atoms with Crippen molar-refractivity contribution in [2.24, 2.45) is 0 Å². The van der Waals surface area contributed by atoms with Crippen LogP contribution in [0.15, 0.2) is 64.2 Å². The van der Waals surface area contributed by atoms with E-state index in [0.717, 1.165) is 30.1 Å². The normalized spacial score (nSPS) is 13.5. The van der Waals surface area contributed by atoms with Crippen LogP contribution in [0.4, 0.5) is 5.69 Å². The molecule has 0 atom stereocenters. The van der Waals surface area contributed by atoms with Gasteiger partial charge < -0.3 is 9.32 Å². The average Bonchev–Trinajstić information content (AvgIpc) is 3.21. The van der Waals surface area contributed by atoms with E-state index in [-0.39, 0.29) is 5.91 Å². The largest absolute Gasteiger partial charge is 0.463 e. The SMILES string of the molecule is O=C(CSc1ccc(-c2ccco2)nn1)N1CCCc2ccccc21. The molecule has 4 rings (SSSR count). The summed E-state index contributed by atoms with van der Waals surface area (Å²) in [7, 11) is 0. The van der Waals surface area contributed by atoms with Crippen LogP contribution in [-0.4, -0.2) is 28.4 Å². The summed E-state index contributed by atoms with van der Waals surface area (Å²) < 4.78 is 5.30. The summed E-state index contributed by atoms with van der Waals surface area (Å²) in [5.74, 6) is 1.14. The Labute approximate surface area is 150 Å². The lowest BCUT2D eigenvalue weighted by Gasteiger charge is -2.29. The Bertz CT molecular complexity index is 863. The molecular weight excluding hydrogens is 334 g/mol. The van der Waals surface area contributed by atoms with Gasteiger partial charge in [-0.25, -0.2) is 0 Å².